The number of nitrogens with two attached hydrogens (primary N) is 1. The molecule has 2 aromatic heterocycles. The van der Waals surface area contributed by atoms with Gasteiger partial charge in [0.2, 0.25) is 5.95 Å². The van der Waals surface area contributed by atoms with Gasteiger partial charge >= 0.3 is 29.6 Å². The van der Waals surface area contributed by atoms with Crippen LogP contribution in [0.2, 0.25) is 0 Å². The van der Waals surface area contributed by atoms with Gasteiger partial charge in [0.05, 0.1) is 5.69 Å². The van der Waals surface area contributed by atoms with Crippen molar-refractivity contribution < 1.29 is 4.79 Å². The number of aromatic nitrogens is 5. The molecule has 0 radical (unpaired) electrons. The van der Waals surface area contributed by atoms with Gasteiger partial charge in [-0.2, -0.15) is 0 Å². The zero-order valence-electron chi connectivity index (χ0n) is 10.8. The first-order chi connectivity index (χ1) is 10.2. The Bertz CT molecular complexity index is 758. The van der Waals surface area contributed by atoms with E-state index in [9.17, 15) is 4.79 Å². The number of nitrogen functional groups attached to an aromatic ring is 1. The zero-order chi connectivity index (χ0) is 14.7. The van der Waals surface area contributed by atoms with E-state index in [4.69, 9.17) is 5.73 Å². The Morgan fingerprint density at radius 3 is 2.59 bits per heavy atom. The van der Waals surface area contributed by atoms with Gasteiger partial charge in [-0.25, -0.2) is 10.1 Å². The van der Waals surface area contributed by atoms with E-state index in [1.54, 1.807) is 24.3 Å². The molecule has 0 aliphatic rings. The van der Waals surface area contributed by atoms with Gasteiger partial charge in [0.1, 0.15) is 5.69 Å². The molecule has 2 heterocycles. The van der Waals surface area contributed by atoms with Crippen LogP contribution in [0.5, 0.6) is 0 Å². The quantitative estimate of drug-likeness (QED) is 0.477. The van der Waals surface area contributed by atoms with Gasteiger partial charge < -0.3 is 5.73 Å². The number of anilines is 2. The zero-order valence-corrected chi connectivity index (χ0v) is 10.8. The molecule has 0 bridgehead atoms. The first-order valence-electron chi connectivity index (χ1n) is 6.10. The number of hydrogen-bond donors (Lipinski definition) is 3. The molecule has 0 saturated carbocycles. The normalized spacial score (nSPS) is 9.82. The number of pyridine rings is 1. The van der Waals surface area contributed by atoms with E-state index < -0.39 is 5.91 Å². The summed E-state index contributed by atoms with van der Waals surface area (Å²) in [6.07, 6.45) is 0. The molecule has 0 atom stereocenters. The van der Waals surface area contributed by atoms with Crippen LogP contribution in [0.1, 0.15) is 10.5 Å². The van der Waals surface area contributed by atoms with Crippen LogP contribution in [-0.2, 0) is 0 Å². The van der Waals surface area contributed by atoms with E-state index in [-0.39, 0.29) is 41.2 Å². The minimum atomic E-state index is -0.397. The Balaban J connectivity index is 0.00000176. The van der Waals surface area contributed by atoms with Crippen molar-refractivity contribution in [3.63, 3.8) is 0 Å². The summed E-state index contributed by atoms with van der Waals surface area (Å²) in [7, 11) is 0. The molecule has 0 fully saturated rings. The van der Waals surface area contributed by atoms with Crippen LogP contribution in [0.25, 0.3) is 11.3 Å². The molecule has 8 nitrogen and oxygen atoms in total. The number of H-pyrrole nitrogens is 1. The maximum atomic E-state index is 12.0. The molecule has 3 aromatic rings. The van der Waals surface area contributed by atoms with E-state index in [1.807, 2.05) is 18.2 Å². The van der Waals surface area contributed by atoms with Crippen molar-refractivity contribution in [3.8, 4) is 11.3 Å². The van der Waals surface area contributed by atoms with Crippen molar-refractivity contribution in [2.24, 2.45) is 0 Å². The minimum absolute atomic E-state index is 0. The number of tetrazole rings is 1. The molecular weight excluding hydrogens is 293 g/mol. The second-order valence-corrected chi connectivity index (χ2v) is 4.23. The fourth-order valence-corrected chi connectivity index (χ4v) is 1.76. The molecule has 9 heteroatoms. The van der Waals surface area contributed by atoms with Gasteiger partial charge in [-0.1, -0.05) is 23.3 Å². The second kappa shape index (κ2) is 7.12. The number of aromatic amines is 1. The molecule has 0 unspecified atom stereocenters. The molecule has 0 saturated heterocycles. The maximum absolute atomic E-state index is 12.0. The van der Waals surface area contributed by atoms with Crippen LogP contribution in [0.15, 0.2) is 42.5 Å². The number of carbonyl (C=O) groups is 1. The van der Waals surface area contributed by atoms with Crippen LogP contribution >= 0.6 is 0 Å². The van der Waals surface area contributed by atoms with Gasteiger partial charge in [0.25, 0.3) is 5.91 Å². The van der Waals surface area contributed by atoms with Crippen molar-refractivity contribution in [3.05, 3.63) is 48.2 Å². The number of benzene rings is 1. The molecule has 3 rings (SSSR count). The van der Waals surface area contributed by atoms with Gasteiger partial charge in [0.15, 0.2) is 0 Å². The summed E-state index contributed by atoms with van der Waals surface area (Å²) in [6, 6.07) is 12.4. The summed E-state index contributed by atoms with van der Waals surface area (Å²) in [5, 5.41) is 15.3. The van der Waals surface area contributed by atoms with Crippen LogP contribution < -0.4 is 11.1 Å². The van der Waals surface area contributed by atoms with E-state index in [1.165, 1.54) is 0 Å². The standard InChI is InChI=1S/C13H11N7O.Na.H/c14-9-6-4-8(5-7-9)10-2-1-3-11(15-10)12(21)16-13-17-19-20-18-13;;/h1-7H,14H2,(H2,16,17,18,19,20,21);;. The Morgan fingerprint density at radius 2 is 1.91 bits per heavy atom. The summed E-state index contributed by atoms with van der Waals surface area (Å²) in [5.74, 6) is -0.231. The summed E-state index contributed by atoms with van der Waals surface area (Å²) in [6.45, 7) is 0. The first-order valence-corrected chi connectivity index (χ1v) is 6.10. The van der Waals surface area contributed by atoms with Crippen molar-refractivity contribution in [1.82, 2.24) is 25.6 Å². The third-order valence-electron chi connectivity index (χ3n) is 2.77. The van der Waals surface area contributed by atoms with Crippen LogP contribution in [-0.4, -0.2) is 61.1 Å². The third-order valence-corrected chi connectivity index (χ3v) is 2.77. The van der Waals surface area contributed by atoms with Crippen molar-refractivity contribution in [2.75, 3.05) is 11.1 Å². The topological polar surface area (TPSA) is 122 Å². The number of hydrogen-bond acceptors (Lipinski definition) is 6. The number of carbonyl (C=O) groups excluding carboxylic acids is 1. The Hall–Kier alpha value is -2.29. The van der Waals surface area contributed by atoms with E-state index in [0.717, 1.165) is 5.56 Å². The SMILES string of the molecule is Nc1ccc(-c2cccc(C(=O)Nc3nnn[nH]3)n2)cc1.[NaH]. The van der Waals surface area contributed by atoms with Crippen molar-refractivity contribution >= 4 is 47.1 Å². The molecule has 4 N–H and O–H groups in total. The molecule has 0 aliphatic carbocycles. The molecule has 1 aromatic carbocycles. The van der Waals surface area contributed by atoms with E-state index in [0.29, 0.717) is 11.4 Å². The number of nitrogens with one attached hydrogen (secondary N) is 2. The predicted octanol–water partition coefficient (Wildman–Crippen LogP) is 0.448. The summed E-state index contributed by atoms with van der Waals surface area (Å²) < 4.78 is 0. The van der Waals surface area contributed by atoms with Crippen molar-refractivity contribution in [2.45, 2.75) is 0 Å². The third kappa shape index (κ3) is 3.67. The van der Waals surface area contributed by atoms with Crippen molar-refractivity contribution in [1.29, 1.82) is 0 Å². The number of rotatable bonds is 3. The van der Waals surface area contributed by atoms with Gasteiger partial charge in [-0.15, -0.1) is 0 Å². The van der Waals surface area contributed by atoms with Crippen LogP contribution in [0.4, 0.5) is 11.6 Å². The summed E-state index contributed by atoms with van der Waals surface area (Å²) in [5.41, 5.74) is 8.14. The van der Waals surface area contributed by atoms with E-state index in [2.05, 4.69) is 30.9 Å². The van der Waals surface area contributed by atoms with Crippen LogP contribution in [0.3, 0.4) is 0 Å². The average molecular weight is 305 g/mol. The van der Waals surface area contributed by atoms with Crippen LogP contribution in [0, 0.1) is 0 Å². The molecule has 0 spiro atoms. The van der Waals surface area contributed by atoms with Gasteiger partial charge in [0, 0.05) is 11.3 Å². The summed E-state index contributed by atoms with van der Waals surface area (Å²) >= 11 is 0. The Labute approximate surface area is 147 Å². The fourth-order valence-electron chi connectivity index (χ4n) is 1.76. The van der Waals surface area contributed by atoms with E-state index >= 15 is 0 Å². The molecule has 22 heavy (non-hydrogen) atoms. The second-order valence-electron chi connectivity index (χ2n) is 4.23. The summed E-state index contributed by atoms with van der Waals surface area (Å²) in [4.78, 5) is 16.4. The molecule has 0 aliphatic heterocycles. The monoisotopic (exact) mass is 305 g/mol. The molecule has 1 amide bonds. The molecular formula is C13H12N7NaO. The fraction of sp³-hybridized carbons (Fsp3) is 0. The number of nitrogens with zero attached hydrogens (tertiary/aromatic N) is 4. The number of amides is 1. The Kier molecular flexibility index (Phi) is 5.21. The first kappa shape index (κ1) is 16.1. The Morgan fingerprint density at radius 1 is 1.14 bits per heavy atom. The molecule has 106 valence electrons. The predicted molar refractivity (Wildman–Crippen MR) is 83.4 cm³/mol. The van der Waals surface area contributed by atoms with Gasteiger partial charge in [-0.05, 0) is 34.7 Å². The van der Waals surface area contributed by atoms with Gasteiger partial charge in [-0.3, -0.25) is 10.1 Å². The average Bonchev–Trinajstić information content (AvgIpc) is 3.01.